The van der Waals surface area contributed by atoms with Gasteiger partial charge >= 0.3 is 16.6 Å². The van der Waals surface area contributed by atoms with Gasteiger partial charge in [-0.3, -0.25) is 0 Å². The number of fused-ring (bicyclic) bond motifs is 1. The summed E-state index contributed by atoms with van der Waals surface area (Å²) in [4.78, 5) is 11.7. The molecular formula is C29H35N3O6S. The van der Waals surface area contributed by atoms with E-state index in [0.717, 1.165) is 6.42 Å². The molecule has 0 saturated heterocycles. The van der Waals surface area contributed by atoms with Gasteiger partial charge in [-0.25, -0.2) is 17.9 Å². The van der Waals surface area contributed by atoms with E-state index in [2.05, 4.69) is 10.0 Å². The maximum absolute atomic E-state index is 14.2. The second kappa shape index (κ2) is 11.3. The minimum absolute atomic E-state index is 0.0803. The van der Waals surface area contributed by atoms with Gasteiger partial charge in [-0.1, -0.05) is 68.8 Å². The summed E-state index contributed by atoms with van der Waals surface area (Å²) < 4.78 is 36.9. The Morgan fingerprint density at radius 2 is 1.62 bits per heavy atom. The number of hydrogen-bond acceptors (Lipinski definition) is 7. The number of carbonyl (C=O) groups is 1. The number of ether oxygens (including phenoxy) is 1. The van der Waals surface area contributed by atoms with E-state index >= 15 is 0 Å². The maximum Gasteiger partial charge on any atom is 0.363 e. The largest absolute Gasteiger partial charge is 0.478 e. The Morgan fingerprint density at radius 1 is 0.974 bits per heavy atom. The lowest BCUT2D eigenvalue weighted by Gasteiger charge is -2.42. The van der Waals surface area contributed by atoms with Crippen molar-refractivity contribution in [1.82, 2.24) is 4.72 Å². The van der Waals surface area contributed by atoms with Gasteiger partial charge in [-0.15, -0.1) is 0 Å². The number of nitrogens with one attached hydrogen (secondary N) is 2. The van der Waals surface area contributed by atoms with Gasteiger partial charge in [0.05, 0.1) is 0 Å². The van der Waals surface area contributed by atoms with E-state index in [1.54, 1.807) is 48.5 Å². The third-order valence-corrected chi connectivity index (χ3v) is 8.83. The van der Waals surface area contributed by atoms with Crippen LogP contribution in [0.5, 0.6) is 5.75 Å². The lowest BCUT2D eigenvalue weighted by atomic mass is 9.93. The highest BCUT2D eigenvalue weighted by Gasteiger charge is 2.76. The number of benzene rings is 3. The second-order valence-electron chi connectivity index (χ2n) is 9.45. The molecule has 0 amide bonds. The van der Waals surface area contributed by atoms with Crippen molar-refractivity contribution in [1.29, 1.82) is 0 Å². The number of carboxylic acids is 1. The monoisotopic (exact) mass is 553 g/mol. The first-order chi connectivity index (χ1) is 18.7. The van der Waals surface area contributed by atoms with Crippen LogP contribution >= 0.6 is 0 Å². The molecule has 0 spiro atoms. The molecule has 0 aliphatic carbocycles. The van der Waals surface area contributed by atoms with Gasteiger partial charge in [0, 0.05) is 30.0 Å². The van der Waals surface area contributed by atoms with Gasteiger partial charge < -0.3 is 25.2 Å². The Bertz CT molecular complexity index is 1420. The van der Waals surface area contributed by atoms with Crippen LogP contribution in [-0.4, -0.2) is 43.9 Å². The fourth-order valence-electron chi connectivity index (χ4n) is 5.21. The molecule has 3 aromatic rings. The zero-order chi connectivity index (χ0) is 28.3. The minimum atomic E-state index is -4.70. The fourth-order valence-corrected chi connectivity index (χ4v) is 6.77. The lowest BCUT2D eigenvalue weighted by molar-refractivity contribution is -0.173. The van der Waals surface area contributed by atoms with E-state index < -0.39 is 26.7 Å². The molecule has 1 aliphatic rings. The summed E-state index contributed by atoms with van der Waals surface area (Å²) in [7, 11) is -3.51. The number of para-hydroxylation sites is 1. The van der Waals surface area contributed by atoms with Crippen LogP contribution in [0.1, 0.15) is 43.4 Å². The second-order valence-corrected chi connectivity index (χ2v) is 11.4. The topological polar surface area (TPSA) is 128 Å². The number of sulfonamides is 1. The molecule has 0 saturated carbocycles. The third-order valence-electron chi connectivity index (χ3n) is 6.96. The summed E-state index contributed by atoms with van der Waals surface area (Å²) in [6, 6.07) is 20.6. The molecule has 39 heavy (non-hydrogen) atoms. The fraction of sp³-hybridized carbons (Fsp3) is 0.345. The van der Waals surface area contributed by atoms with Crippen molar-refractivity contribution < 1.29 is 28.2 Å². The first-order valence-electron chi connectivity index (χ1n) is 13.0. The highest BCUT2D eigenvalue weighted by atomic mass is 32.2. The number of rotatable bonds is 12. The molecule has 4 rings (SSSR count). The SMILES string of the molecule is CCCNc1ccc2c(c1CCC)C(Oc1ccccc1)(S(=O)(=O)NC)C(O)(C(=O)O)N2Cc1ccccc1. The highest BCUT2D eigenvalue weighted by molar-refractivity contribution is 7.90. The number of hydrogen-bond donors (Lipinski definition) is 4. The number of anilines is 2. The number of carboxylic acid groups (broad SMARTS) is 1. The molecular weight excluding hydrogens is 518 g/mol. The molecule has 3 aromatic carbocycles. The van der Waals surface area contributed by atoms with E-state index in [1.807, 2.05) is 26.0 Å². The summed E-state index contributed by atoms with van der Waals surface area (Å²) in [5, 5.41) is 26.4. The summed E-state index contributed by atoms with van der Waals surface area (Å²) >= 11 is 0. The molecule has 0 bridgehead atoms. The molecule has 9 nitrogen and oxygen atoms in total. The molecule has 0 radical (unpaired) electrons. The molecule has 1 aliphatic heterocycles. The van der Waals surface area contributed by atoms with Gasteiger partial charge in [0.1, 0.15) is 5.75 Å². The van der Waals surface area contributed by atoms with E-state index in [4.69, 9.17) is 4.74 Å². The third kappa shape index (κ3) is 4.62. The van der Waals surface area contributed by atoms with Crippen molar-refractivity contribution in [3.05, 3.63) is 89.5 Å². The Hall–Kier alpha value is -3.60. The van der Waals surface area contributed by atoms with Crippen molar-refractivity contribution in [2.45, 2.75) is 50.3 Å². The summed E-state index contributed by atoms with van der Waals surface area (Å²) in [6.45, 7) is 4.51. The van der Waals surface area contributed by atoms with Crippen molar-refractivity contribution >= 4 is 27.4 Å². The van der Waals surface area contributed by atoms with Crippen LogP contribution in [0.4, 0.5) is 11.4 Å². The number of aliphatic carboxylic acids is 1. The van der Waals surface area contributed by atoms with Gasteiger partial charge in [-0.2, -0.15) is 0 Å². The van der Waals surface area contributed by atoms with Crippen molar-refractivity contribution in [3.63, 3.8) is 0 Å². The number of nitrogens with zero attached hydrogens (tertiary/aromatic N) is 1. The first kappa shape index (κ1) is 28.4. The zero-order valence-electron chi connectivity index (χ0n) is 22.3. The average Bonchev–Trinajstić information content (AvgIpc) is 3.16. The van der Waals surface area contributed by atoms with Gasteiger partial charge in [0.25, 0.3) is 10.0 Å². The highest BCUT2D eigenvalue weighted by Crippen LogP contribution is 2.57. The van der Waals surface area contributed by atoms with Gasteiger partial charge in [0.2, 0.25) is 0 Å². The summed E-state index contributed by atoms with van der Waals surface area (Å²) in [5.41, 5.74) is -0.749. The molecule has 208 valence electrons. The van der Waals surface area contributed by atoms with E-state index in [1.165, 1.54) is 24.1 Å². The molecule has 2 unspecified atom stereocenters. The lowest BCUT2D eigenvalue weighted by Crippen LogP contribution is -2.70. The van der Waals surface area contributed by atoms with Crippen LogP contribution in [0.25, 0.3) is 0 Å². The van der Waals surface area contributed by atoms with Crippen LogP contribution in [0.15, 0.2) is 72.8 Å². The Kier molecular flexibility index (Phi) is 8.20. The van der Waals surface area contributed by atoms with Crippen LogP contribution in [0.2, 0.25) is 0 Å². The quantitative estimate of drug-likeness (QED) is 0.265. The maximum atomic E-state index is 14.2. The smallest absolute Gasteiger partial charge is 0.363 e. The van der Waals surface area contributed by atoms with Crippen LogP contribution in [0.3, 0.4) is 0 Å². The number of aliphatic hydroxyl groups is 1. The molecule has 2 atom stereocenters. The van der Waals surface area contributed by atoms with E-state index in [-0.39, 0.29) is 23.5 Å². The van der Waals surface area contributed by atoms with Crippen molar-refractivity contribution in [2.24, 2.45) is 0 Å². The van der Waals surface area contributed by atoms with Crippen molar-refractivity contribution in [3.8, 4) is 5.75 Å². The Balaban J connectivity index is 2.15. The van der Waals surface area contributed by atoms with E-state index in [9.17, 15) is 23.4 Å². The Labute approximate surface area is 229 Å². The van der Waals surface area contributed by atoms with Gasteiger partial charge in [-0.05, 0) is 55.3 Å². The van der Waals surface area contributed by atoms with Gasteiger partial charge in [0.15, 0.2) is 0 Å². The molecule has 0 aromatic heterocycles. The molecule has 10 heteroatoms. The normalized spacial score (nSPS) is 20.5. The molecule has 1 heterocycles. The predicted molar refractivity (Wildman–Crippen MR) is 151 cm³/mol. The summed E-state index contributed by atoms with van der Waals surface area (Å²) in [5.74, 6) is -1.66. The van der Waals surface area contributed by atoms with Crippen LogP contribution < -0.4 is 19.7 Å². The molecule has 4 N–H and O–H groups in total. The zero-order valence-corrected chi connectivity index (χ0v) is 23.2. The standard InChI is InChI=1S/C29H35N3O6S/c1-4-12-23-24(31-19-5-2)17-18-25-26(23)29(39(36,37)30-3,38-22-15-10-7-11-16-22)28(35,27(33)34)32(25)20-21-13-8-6-9-14-21/h6-11,13-18,30-31,35H,4-5,12,19-20H2,1-3H3,(H,33,34). The molecule has 0 fully saturated rings. The first-order valence-corrected chi connectivity index (χ1v) is 14.5. The van der Waals surface area contributed by atoms with Crippen molar-refractivity contribution in [2.75, 3.05) is 23.8 Å². The predicted octanol–water partition coefficient (Wildman–Crippen LogP) is 4.04. The van der Waals surface area contributed by atoms with Crippen LogP contribution in [0, 0.1) is 0 Å². The minimum Gasteiger partial charge on any atom is -0.478 e. The Morgan fingerprint density at radius 3 is 2.18 bits per heavy atom. The van der Waals surface area contributed by atoms with Crippen LogP contribution in [-0.2, 0) is 32.7 Å². The van der Waals surface area contributed by atoms with E-state index in [0.29, 0.717) is 36.2 Å². The average molecular weight is 554 g/mol. The summed E-state index contributed by atoms with van der Waals surface area (Å²) in [6.07, 6.45) is 1.88.